The van der Waals surface area contributed by atoms with Gasteiger partial charge in [-0.3, -0.25) is 34.7 Å². The molecule has 13 nitrogen and oxygen atoms in total. The largest absolute Gasteiger partial charge is 0.506 e. The molecule has 0 unspecified atom stereocenters. The molecule has 0 amide bonds. The molecule has 592 valence electrons. The molecule has 2 aliphatic rings. The fourth-order valence-corrected chi connectivity index (χ4v) is 7.64. The van der Waals surface area contributed by atoms with Crippen molar-refractivity contribution in [1.29, 1.82) is 0 Å². The van der Waals surface area contributed by atoms with E-state index in [1.165, 1.54) is 47.8 Å². The van der Waals surface area contributed by atoms with Gasteiger partial charge >= 0.3 is 14.2 Å². The molecular formula is C77H125Ar5B2BrI5N7O6. The van der Waals surface area contributed by atoms with Gasteiger partial charge in [0.15, 0.2) is 0 Å². The van der Waals surface area contributed by atoms with Crippen LogP contribution in [-0.4, -0.2) is 76.6 Å². The molecule has 2 saturated heterocycles. The Bertz CT molecular complexity index is 2970. The summed E-state index contributed by atoms with van der Waals surface area (Å²) in [4.78, 5) is 38.0. The van der Waals surface area contributed by atoms with Crippen molar-refractivity contribution >= 4 is 162 Å². The fourth-order valence-electron chi connectivity index (χ4n) is 7.40. The van der Waals surface area contributed by atoms with Gasteiger partial charge in [-0.2, -0.15) is 0 Å². The molecule has 2 N–H and O–H groups in total. The summed E-state index contributed by atoms with van der Waals surface area (Å²) in [7, 11) is -0.372. The molecule has 0 atom stereocenters. The van der Waals surface area contributed by atoms with Crippen LogP contribution in [-0.2, 0) is 50.7 Å². The Labute approximate surface area is 870 Å². The number of aryl methyl sites for hydroxylation is 9. The Morgan fingerprint density at radius 1 is 0.476 bits per heavy atom. The monoisotopic (exact) mass is 2180 g/mol. The molecule has 0 saturated carbocycles. The van der Waals surface area contributed by atoms with E-state index in [9.17, 15) is 4.79 Å². The van der Waals surface area contributed by atoms with Crippen LogP contribution in [0, 0.1) is 216 Å². The van der Waals surface area contributed by atoms with E-state index < -0.39 is 0 Å². The molecule has 2 aliphatic heterocycles. The van der Waals surface area contributed by atoms with Crippen LogP contribution in [0.4, 0.5) is 0 Å². The number of rotatable bonds is 12. The standard InChI is InChI=1S/C12H18BNO2.C12H17N.C10H15N.C8H11N.C7H15BO2.C7H9NO.C6H6BrN.C6H7NO.C5H10.2C2H6.5Ar.5HI/c1-9-6-7-10(8-14-9)13-15-11(2,3)12(4,5)16-13;1-3-5-6-7-12-9-8-11(4-2)10-13-12;1-3-5-10-7-6-9(4-2)8-11-10;1-3-8-5-4-7(2)9-6-8;1-6(2)7(3,4)10-8(5)9-6;1-2-6-3-4-7(9)8-5-6;1-5-2-3-6(7)4-8-5;1-5-2-3-6(8)4-7-5;1-3-5-4-2;2*1-2;;;;;;;;;;/h6-8H,1-5H3;6-10H,3-5H2,1-2H3;6-8H,3-5H2,1-2H3;4-6H,3H2,1-2H3;1-5H3;3-5H,2H2,1H3,(H,8,9);2-4H,1H3;2-4,8H,1H3;3H,1,4-5H2,2H3;2*1-2H3;;;;;;5*1H/b;7-6+;;;;;;;;;;;;;;;;;;;. The first-order valence-corrected chi connectivity index (χ1v) is 34.4. The van der Waals surface area contributed by atoms with Crippen LogP contribution < -0.4 is 11.0 Å². The van der Waals surface area contributed by atoms with Gasteiger partial charge in [-0.15, -0.1) is 126 Å². The molecule has 7 aromatic heterocycles. The molecule has 26 heteroatoms. The van der Waals surface area contributed by atoms with E-state index in [-0.39, 0.29) is 357 Å². The fraction of sp³-hybridized carbons (Fsp3) is 0.494. The number of aromatic nitrogens is 7. The van der Waals surface area contributed by atoms with Gasteiger partial charge in [0, 0.05) is 270 Å². The van der Waals surface area contributed by atoms with Gasteiger partial charge in [-0.05, 0) is 228 Å². The number of hydrogen-bond donors (Lipinski definition) is 2. The number of aromatic amines is 1. The van der Waals surface area contributed by atoms with Crippen molar-refractivity contribution in [3.05, 3.63) is 218 Å². The van der Waals surface area contributed by atoms with Gasteiger partial charge in [0.25, 0.3) is 0 Å². The number of aromatic hydroxyl groups is 1. The Hall–Kier alpha value is 3.53. The van der Waals surface area contributed by atoms with E-state index in [0.717, 1.165) is 88.9 Å². The molecular weight excluding hydrogens is 2050 g/mol. The molecule has 0 bridgehead atoms. The maximum absolute atomic E-state index is 10.5. The molecule has 9 heterocycles. The van der Waals surface area contributed by atoms with E-state index in [1.54, 1.807) is 30.6 Å². The number of hydrogen-bond acceptors (Lipinski definition) is 12. The normalized spacial score (nSPS) is 12.3. The first-order chi connectivity index (χ1) is 44.0. The Morgan fingerprint density at radius 3 is 1.15 bits per heavy atom. The summed E-state index contributed by atoms with van der Waals surface area (Å²) >= 11 is 3.28. The molecule has 103 heavy (non-hydrogen) atoms. The zero-order chi connectivity index (χ0) is 71.1. The number of halogens is 6. The van der Waals surface area contributed by atoms with Crippen molar-refractivity contribution in [3.63, 3.8) is 0 Å². The molecule has 2 fully saturated rings. The Kier molecular flexibility index (Phi) is 102. The van der Waals surface area contributed by atoms with Crippen molar-refractivity contribution in [1.82, 2.24) is 34.9 Å². The van der Waals surface area contributed by atoms with Crippen LogP contribution in [0.5, 0.6) is 5.75 Å². The van der Waals surface area contributed by atoms with Gasteiger partial charge in [-0.25, -0.2) is 0 Å². The van der Waals surface area contributed by atoms with Crippen LogP contribution in [0.25, 0.3) is 6.08 Å². The van der Waals surface area contributed by atoms with E-state index in [0.29, 0.717) is 0 Å². The minimum absolute atomic E-state index is 0. The number of nitrogens with one attached hydrogen (secondary N) is 1. The summed E-state index contributed by atoms with van der Waals surface area (Å²) in [6.45, 7) is 52.7. The van der Waals surface area contributed by atoms with E-state index in [1.807, 2.05) is 136 Å². The van der Waals surface area contributed by atoms with Crippen LogP contribution >= 0.6 is 136 Å². The minimum Gasteiger partial charge on any atom is -0.506 e. The quantitative estimate of drug-likeness (QED) is 0.0676. The zero-order valence-electron chi connectivity index (χ0n) is 65.6. The summed E-state index contributed by atoms with van der Waals surface area (Å²) < 4.78 is 24.0. The Balaban J connectivity index is -0.0000000899. The third-order valence-electron chi connectivity index (χ3n) is 14.5. The summed E-state index contributed by atoms with van der Waals surface area (Å²) in [6, 6.07) is 27.3. The molecule has 0 aromatic carbocycles. The van der Waals surface area contributed by atoms with E-state index >= 15 is 0 Å². The van der Waals surface area contributed by atoms with Gasteiger partial charge in [-0.1, -0.05) is 138 Å². The van der Waals surface area contributed by atoms with Crippen molar-refractivity contribution < 1.29 is 212 Å². The number of allylic oxidation sites excluding steroid dienone is 2. The maximum atomic E-state index is 10.5. The third-order valence-corrected chi connectivity index (χ3v) is 15.0. The first-order valence-electron chi connectivity index (χ1n) is 33.6. The topological polar surface area (TPSA) is 167 Å². The molecule has 9 rings (SSSR count). The molecule has 0 aliphatic carbocycles. The Morgan fingerprint density at radius 2 is 0.864 bits per heavy atom. The summed E-state index contributed by atoms with van der Waals surface area (Å²) in [6.07, 6.45) is 30.0. The number of nitrogens with zero attached hydrogens (tertiary/aromatic N) is 6. The average molecular weight is 2180 g/mol. The third kappa shape index (κ3) is 63.4. The SMILES string of the molecule is C=CCCC.CB1OC(C)(C)C(C)(C)O1.CC.CC.CCC/C=C/c1ccc(CC)cn1.CCCc1ccc(CC)cn1.CCc1ccc(=O)[nH]c1.CCc1ccc(C)nc1.Cc1ccc(B2OC(C)(C)C(C)(C)O2)cn1.Cc1ccc(Br)cn1.Cc1ccc(O)cn1.I.I.I.I.I.[Ar].[Ar].[Ar].[Ar].[Ar]. The van der Waals surface area contributed by atoms with Crippen molar-refractivity contribution in [2.45, 2.75) is 253 Å². The summed E-state index contributed by atoms with van der Waals surface area (Å²) in [5.74, 6) is 0.218. The number of H-pyrrole nitrogens is 1. The summed E-state index contributed by atoms with van der Waals surface area (Å²) in [5, 5.41) is 8.69. The second kappa shape index (κ2) is 79.4. The van der Waals surface area contributed by atoms with Gasteiger partial charge in [0.2, 0.25) is 5.56 Å². The molecule has 0 radical (unpaired) electrons. The average Bonchev–Trinajstić information content (AvgIpc) is 1.67. The van der Waals surface area contributed by atoms with E-state index in [2.05, 4.69) is 197 Å². The van der Waals surface area contributed by atoms with Gasteiger partial charge in [0.05, 0.1) is 34.3 Å². The van der Waals surface area contributed by atoms with Crippen molar-refractivity contribution in [2.24, 2.45) is 0 Å². The van der Waals surface area contributed by atoms with Gasteiger partial charge in [0.1, 0.15) is 5.75 Å². The van der Waals surface area contributed by atoms with Crippen molar-refractivity contribution in [2.75, 3.05) is 0 Å². The zero-order valence-corrected chi connectivity index (χ0v) is 82.4. The summed E-state index contributed by atoms with van der Waals surface area (Å²) in [5.41, 5.74) is 11.5. The molecule has 7 aromatic rings. The minimum atomic E-state index is -0.307. The second-order valence-corrected chi connectivity index (χ2v) is 24.4. The molecule has 0 spiro atoms. The van der Waals surface area contributed by atoms with E-state index in [4.69, 9.17) is 23.7 Å². The maximum Gasteiger partial charge on any atom is 0.496 e. The smallest absolute Gasteiger partial charge is 0.496 e. The second-order valence-electron chi connectivity index (χ2n) is 23.5. The van der Waals surface area contributed by atoms with Crippen LogP contribution in [0.15, 0.2) is 156 Å². The van der Waals surface area contributed by atoms with Crippen molar-refractivity contribution in [3.8, 4) is 5.75 Å². The number of pyridine rings is 7. The first kappa shape index (κ1) is 133. The van der Waals surface area contributed by atoms with Crippen LogP contribution in [0.3, 0.4) is 0 Å². The predicted molar refractivity (Wildman–Crippen MR) is 479 cm³/mol. The predicted octanol–water partition coefficient (Wildman–Crippen LogP) is 22.7. The van der Waals surface area contributed by atoms with Crippen LogP contribution in [0.1, 0.15) is 220 Å². The van der Waals surface area contributed by atoms with Crippen LogP contribution in [0.2, 0.25) is 6.82 Å². The number of unbranched alkanes of at least 4 members (excludes halogenated alkanes) is 2. The van der Waals surface area contributed by atoms with Gasteiger partial charge < -0.3 is 28.7 Å².